The summed E-state index contributed by atoms with van der Waals surface area (Å²) in [6, 6.07) is 0. The van der Waals surface area contributed by atoms with E-state index in [4.69, 9.17) is 5.73 Å². The molecule has 1 aromatic heterocycles. The fourth-order valence-electron chi connectivity index (χ4n) is 3.05. The summed E-state index contributed by atoms with van der Waals surface area (Å²) in [6.45, 7) is 0. The maximum absolute atomic E-state index is 12.0. The molecule has 86 valence electrons. The quantitative estimate of drug-likeness (QED) is 0.818. The highest BCUT2D eigenvalue weighted by atomic mass is 32.1. The molecule has 3 unspecified atom stereocenters. The fourth-order valence-corrected chi connectivity index (χ4v) is 3.56. The Balaban J connectivity index is 1.65. The average Bonchev–Trinajstić information content (AvgIpc) is 2.93. The van der Waals surface area contributed by atoms with Crippen molar-refractivity contribution < 1.29 is 4.79 Å². The molecule has 2 saturated carbocycles. The summed E-state index contributed by atoms with van der Waals surface area (Å²) >= 11 is 1.22. The Kier molecular flexibility index (Phi) is 2.31. The number of fused-ring (bicyclic) bond motifs is 2. The van der Waals surface area contributed by atoms with Crippen molar-refractivity contribution in [3.63, 3.8) is 0 Å². The molecule has 6 heteroatoms. The van der Waals surface area contributed by atoms with Crippen LogP contribution >= 0.6 is 11.3 Å². The highest BCUT2D eigenvalue weighted by Crippen LogP contribution is 2.48. The average molecular weight is 238 g/mol. The first-order valence-corrected chi connectivity index (χ1v) is 6.44. The summed E-state index contributed by atoms with van der Waals surface area (Å²) in [5.41, 5.74) is 5.46. The number of carbonyl (C=O) groups is 1. The van der Waals surface area contributed by atoms with Gasteiger partial charge in [0.25, 0.3) is 0 Å². The van der Waals surface area contributed by atoms with E-state index in [9.17, 15) is 4.79 Å². The maximum Gasteiger partial charge on any atom is 0.229 e. The zero-order valence-corrected chi connectivity index (χ0v) is 9.67. The molecule has 0 aliphatic heterocycles. The first kappa shape index (κ1) is 10.0. The molecule has 2 fully saturated rings. The van der Waals surface area contributed by atoms with Gasteiger partial charge in [-0.25, -0.2) is 0 Å². The van der Waals surface area contributed by atoms with Gasteiger partial charge in [0.1, 0.15) is 0 Å². The third-order valence-electron chi connectivity index (χ3n) is 3.75. The van der Waals surface area contributed by atoms with E-state index in [1.54, 1.807) is 0 Å². The van der Waals surface area contributed by atoms with E-state index in [1.165, 1.54) is 30.6 Å². The Morgan fingerprint density at radius 1 is 1.38 bits per heavy atom. The van der Waals surface area contributed by atoms with Crippen LogP contribution in [0.5, 0.6) is 0 Å². The van der Waals surface area contributed by atoms with Gasteiger partial charge in [-0.05, 0) is 31.1 Å². The van der Waals surface area contributed by atoms with Crippen LogP contribution in [0.3, 0.4) is 0 Å². The second-order valence-corrected chi connectivity index (χ2v) is 5.73. The number of rotatable bonds is 2. The number of anilines is 2. The molecular weight excluding hydrogens is 224 g/mol. The lowest BCUT2D eigenvalue weighted by Crippen LogP contribution is -2.27. The molecule has 0 aromatic carbocycles. The second kappa shape index (κ2) is 3.69. The van der Waals surface area contributed by atoms with Gasteiger partial charge < -0.3 is 11.1 Å². The van der Waals surface area contributed by atoms with Crippen molar-refractivity contribution in [3.05, 3.63) is 0 Å². The highest BCUT2D eigenvalue weighted by Gasteiger charge is 2.43. The predicted octanol–water partition coefficient (Wildman–Crippen LogP) is 1.49. The number of hydrogen-bond acceptors (Lipinski definition) is 5. The highest BCUT2D eigenvalue weighted by molar-refractivity contribution is 7.18. The summed E-state index contributed by atoms with van der Waals surface area (Å²) in [5.74, 6) is 1.66. The zero-order valence-electron chi connectivity index (χ0n) is 8.85. The molecule has 0 saturated heterocycles. The van der Waals surface area contributed by atoms with Gasteiger partial charge in [0, 0.05) is 5.92 Å². The molecule has 2 aliphatic carbocycles. The Morgan fingerprint density at radius 3 is 2.81 bits per heavy atom. The third-order valence-corrected chi connectivity index (χ3v) is 4.41. The summed E-state index contributed by atoms with van der Waals surface area (Å²) in [7, 11) is 0. The minimum atomic E-state index is 0.100. The van der Waals surface area contributed by atoms with Crippen LogP contribution in [0, 0.1) is 17.8 Å². The van der Waals surface area contributed by atoms with Crippen molar-refractivity contribution in [1.82, 2.24) is 10.2 Å². The fraction of sp³-hybridized carbons (Fsp3) is 0.700. The van der Waals surface area contributed by atoms with Crippen LogP contribution in [0.1, 0.15) is 25.7 Å². The number of amides is 1. The summed E-state index contributed by atoms with van der Waals surface area (Å²) in [6.07, 6.45) is 4.79. The molecule has 1 amide bonds. The first-order valence-electron chi connectivity index (χ1n) is 5.62. The number of nitrogens with zero attached hydrogens (tertiary/aromatic N) is 2. The lowest BCUT2D eigenvalue weighted by molar-refractivity contribution is -0.121. The summed E-state index contributed by atoms with van der Waals surface area (Å²) in [5, 5.41) is 11.2. The van der Waals surface area contributed by atoms with E-state index in [-0.39, 0.29) is 11.8 Å². The molecule has 0 radical (unpaired) electrons. The molecule has 3 N–H and O–H groups in total. The Morgan fingerprint density at radius 2 is 2.25 bits per heavy atom. The maximum atomic E-state index is 12.0. The van der Waals surface area contributed by atoms with Crippen LogP contribution in [0.25, 0.3) is 0 Å². The number of nitrogen functional groups attached to an aromatic ring is 1. The van der Waals surface area contributed by atoms with E-state index in [1.807, 2.05) is 0 Å². The zero-order chi connectivity index (χ0) is 11.1. The lowest BCUT2D eigenvalue weighted by atomic mass is 9.88. The van der Waals surface area contributed by atoms with Crippen molar-refractivity contribution in [2.75, 3.05) is 11.1 Å². The number of aromatic nitrogens is 2. The molecule has 16 heavy (non-hydrogen) atoms. The van der Waals surface area contributed by atoms with Crippen LogP contribution in [0.4, 0.5) is 10.3 Å². The van der Waals surface area contributed by atoms with Crippen LogP contribution < -0.4 is 11.1 Å². The molecule has 3 atom stereocenters. The minimum absolute atomic E-state index is 0.100. The molecule has 2 bridgehead atoms. The van der Waals surface area contributed by atoms with Crippen LogP contribution in [-0.2, 0) is 4.79 Å². The Labute approximate surface area is 97.4 Å². The molecule has 1 aromatic rings. The van der Waals surface area contributed by atoms with Gasteiger partial charge in [0.2, 0.25) is 16.2 Å². The predicted molar refractivity (Wildman–Crippen MR) is 61.9 cm³/mol. The molecule has 0 spiro atoms. The third kappa shape index (κ3) is 1.67. The van der Waals surface area contributed by atoms with E-state index < -0.39 is 0 Å². The van der Waals surface area contributed by atoms with Crippen LogP contribution in [0.15, 0.2) is 0 Å². The molecule has 1 heterocycles. The molecule has 3 rings (SSSR count). The molecule has 5 nitrogen and oxygen atoms in total. The van der Waals surface area contributed by atoms with Crippen molar-refractivity contribution in [3.8, 4) is 0 Å². The van der Waals surface area contributed by atoms with Crippen LogP contribution in [0.2, 0.25) is 0 Å². The van der Waals surface area contributed by atoms with E-state index in [0.717, 1.165) is 12.3 Å². The lowest BCUT2D eigenvalue weighted by Gasteiger charge is -2.19. The van der Waals surface area contributed by atoms with E-state index >= 15 is 0 Å². The van der Waals surface area contributed by atoms with Crippen molar-refractivity contribution >= 4 is 27.5 Å². The van der Waals surface area contributed by atoms with E-state index in [0.29, 0.717) is 16.2 Å². The Hall–Kier alpha value is -1.17. The van der Waals surface area contributed by atoms with Gasteiger partial charge in [0.15, 0.2) is 0 Å². The normalized spacial score (nSPS) is 31.9. The van der Waals surface area contributed by atoms with Gasteiger partial charge in [-0.3, -0.25) is 4.79 Å². The number of carbonyl (C=O) groups excluding carboxylic acids is 1. The molecular formula is C10H14N4OS. The van der Waals surface area contributed by atoms with Gasteiger partial charge in [-0.15, -0.1) is 10.2 Å². The number of nitrogens with one attached hydrogen (secondary N) is 1. The standard InChI is InChI=1S/C10H14N4OS/c11-9-13-14-10(16-9)12-8(15)7-4-5-1-2-6(7)3-5/h5-7H,1-4H2,(H2,11,13)(H,12,14,15). The first-order chi connectivity index (χ1) is 7.72. The summed E-state index contributed by atoms with van der Waals surface area (Å²) < 4.78 is 0. The second-order valence-electron chi connectivity index (χ2n) is 4.72. The van der Waals surface area contributed by atoms with Crippen molar-refractivity contribution in [1.29, 1.82) is 0 Å². The van der Waals surface area contributed by atoms with Crippen molar-refractivity contribution in [2.24, 2.45) is 17.8 Å². The van der Waals surface area contributed by atoms with Crippen molar-refractivity contribution in [2.45, 2.75) is 25.7 Å². The number of hydrogen-bond donors (Lipinski definition) is 2. The largest absolute Gasteiger partial charge is 0.374 e. The molecule has 2 aliphatic rings. The van der Waals surface area contributed by atoms with Gasteiger partial charge in [-0.1, -0.05) is 17.8 Å². The Bertz CT molecular complexity index is 419. The van der Waals surface area contributed by atoms with Gasteiger partial charge in [-0.2, -0.15) is 0 Å². The smallest absolute Gasteiger partial charge is 0.229 e. The van der Waals surface area contributed by atoms with Gasteiger partial charge in [0.05, 0.1) is 0 Å². The van der Waals surface area contributed by atoms with Crippen LogP contribution in [-0.4, -0.2) is 16.1 Å². The SMILES string of the molecule is Nc1nnc(NC(=O)C2CC3CCC2C3)s1. The minimum Gasteiger partial charge on any atom is -0.374 e. The van der Waals surface area contributed by atoms with Gasteiger partial charge >= 0.3 is 0 Å². The number of nitrogens with two attached hydrogens (primary N) is 1. The summed E-state index contributed by atoms with van der Waals surface area (Å²) in [4.78, 5) is 12.0. The monoisotopic (exact) mass is 238 g/mol. The topological polar surface area (TPSA) is 80.9 Å². The van der Waals surface area contributed by atoms with E-state index in [2.05, 4.69) is 15.5 Å².